The van der Waals surface area contributed by atoms with Gasteiger partial charge in [0, 0.05) is 10.9 Å². The first-order valence-corrected chi connectivity index (χ1v) is 8.12. The van der Waals surface area contributed by atoms with Crippen LogP contribution in [0.1, 0.15) is 5.69 Å². The second kappa shape index (κ2) is 6.89. The second-order valence-corrected chi connectivity index (χ2v) is 6.12. The van der Waals surface area contributed by atoms with E-state index in [0.29, 0.717) is 27.0 Å². The zero-order valence-corrected chi connectivity index (χ0v) is 13.5. The Balaban J connectivity index is 1.69. The molecule has 0 aliphatic heterocycles. The summed E-state index contributed by atoms with van der Waals surface area (Å²) in [4.78, 5) is 16.5. The zero-order valence-electron chi connectivity index (χ0n) is 11.9. The molecule has 0 spiro atoms. The van der Waals surface area contributed by atoms with Crippen molar-refractivity contribution in [3.63, 3.8) is 0 Å². The number of benzene rings is 2. The number of aromatic nitrogens is 1. The number of carbonyl (C=O) groups excluding carboxylic acids is 1. The molecule has 3 rings (SSSR count). The number of anilines is 1. The quantitative estimate of drug-likeness (QED) is 0.738. The van der Waals surface area contributed by atoms with Crippen LogP contribution >= 0.6 is 22.9 Å². The summed E-state index contributed by atoms with van der Waals surface area (Å²) in [5, 5.41) is 5.72. The van der Waals surface area contributed by atoms with Crippen molar-refractivity contribution in [2.75, 3.05) is 5.32 Å². The lowest BCUT2D eigenvalue weighted by atomic mass is 10.2. The molecule has 3 nitrogen and oxygen atoms in total. The van der Waals surface area contributed by atoms with E-state index in [1.807, 2.05) is 0 Å². The third-order valence-electron chi connectivity index (χ3n) is 3.11. The predicted molar refractivity (Wildman–Crippen MR) is 91.3 cm³/mol. The van der Waals surface area contributed by atoms with Crippen molar-refractivity contribution in [1.82, 2.24) is 4.98 Å². The fraction of sp³-hybridized carbons (Fsp3) is 0.0588. The topological polar surface area (TPSA) is 42.0 Å². The number of hydrogen-bond donors (Lipinski definition) is 1. The summed E-state index contributed by atoms with van der Waals surface area (Å²) in [5.74, 6) is -0.509. The van der Waals surface area contributed by atoms with Gasteiger partial charge in [0.25, 0.3) is 0 Å². The molecular weight excluding hydrogens is 335 g/mol. The number of para-hydroxylation sites is 1. The third-order valence-corrected chi connectivity index (χ3v) is 4.38. The summed E-state index contributed by atoms with van der Waals surface area (Å²) >= 11 is 7.39. The van der Waals surface area contributed by atoms with Crippen LogP contribution in [0.4, 0.5) is 10.1 Å². The maximum absolute atomic E-state index is 13.3. The summed E-state index contributed by atoms with van der Waals surface area (Å²) in [5.41, 5.74) is 1.91. The molecule has 0 saturated heterocycles. The van der Waals surface area contributed by atoms with E-state index in [1.165, 1.54) is 23.5 Å². The van der Waals surface area contributed by atoms with Crippen LogP contribution in [0.25, 0.3) is 10.6 Å². The third kappa shape index (κ3) is 3.94. The molecule has 0 radical (unpaired) electrons. The van der Waals surface area contributed by atoms with Crippen LogP contribution in [0.3, 0.4) is 0 Å². The molecule has 2 aromatic carbocycles. The number of nitrogens with one attached hydrogen (secondary N) is 1. The zero-order chi connectivity index (χ0) is 16.2. The fourth-order valence-corrected chi connectivity index (χ4v) is 3.06. The number of amides is 1. The molecule has 0 bridgehead atoms. The molecule has 6 heteroatoms. The van der Waals surface area contributed by atoms with Crippen LogP contribution in [0.2, 0.25) is 5.02 Å². The lowest BCUT2D eigenvalue weighted by molar-refractivity contribution is -0.115. The lowest BCUT2D eigenvalue weighted by Gasteiger charge is -2.05. The Kier molecular flexibility index (Phi) is 4.69. The van der Waals surface area contributed by atoms with E-state index in [9.17, 15) is 9.18 Å². The molecule has 116 valence electrons. The van der Waals surface area contributed by atoms with E-state index in [4.69, 9.17) is 11.6 Å². The maximum atomic E-state index is 13.3. The van der Waals surface area contributed by atoms with Crippen molar-refractivity contribution in [2.45, 2.75) is 6.42 Å². The summed E-state index contributed by atoms with van der Waals surface area (Å²) in [7, 11) is 0. The number of carbonyl (C=O) groups is 1. The van der Waals surface area contributed by atoms with E-state index < -0.39 is 0 Å². The van der Waals surface area contributed by atoms with Crippen molar-refractivity contribution < 1.29 is 9.18 Å². The van der Waals surface area contributed by atoms with Crippen molar-refractivity contribution in [3.05, 3.63) is 70.4 Å². The molecule has 0 atom stereocenters. The Labute approximate surface area is 141 Å². The van der Waals surface area contributed by atoms with Gasteiger partial charge in [-0.05, 0) is 24.3 Å². The van der Waals surface area contributed by atoms with Gasteiger partial charge in [-0.2, -0.15) is 0 Å². The summed E-state index contributed by atoms with van der Waals surface area (Å²) < 4.78 is 13.3. The molecule has 1 amide bonds. The van der Waals surface area contributed by atoms with E-state index in [1.54, 1.807) is 41.8 Å². The summed E-state index contributed by atoms with van der Waals surface area (Å²) in [6, 6.07) is 13.3. The molecule has 1 N–H and O–H groups in total. The molecule has 0 unspecified atom stereocenters. The molecule has 0 fully saturated rings. The second-order valence-electron chi connectivity index (χ2n) is 4.86. The monoisotopic (exact) mass is 346 g/mol. The van der Waals surface area contributed by atoms with Crippen LogP contribution in [-0.4, -0.2) is 10.9 Å². The van der Waals surface area contributed by atoms with Crippen LogP contribution in [0.15, 0.2) is 53.9 Å². The highest BCUT2D eigenvalue weighted by atomic mass is 35.5. The number of nitrogens with zero attached hydrogens (tertiary/aromatic N) is 1. The van der Waals surface area contributed by atoms with E-state index in [-0.39, 0.29) is 18.1 Å². The normalized spacial score (nSPS) is 10.5. The Morgan fingerprint density at radius 3 is 2.83 bits per heavy atom. The summed E-state index contributed by atoms with van der Waals surface area (Å²) in [6.07, 6.45) is 0.136. The SMILES string of the molecule is O=C(Cc1csc(-c2cccc(F)c2)n1)Nc1ccccc1Cl. The first kappa shape index (κ1) is 15.6. The minimum Gasteiger partial charge on any atom is -0.324 e. The number of halogens is 2. The van der Waals surface area contributed by atoms with Gasteiger partial charge >= 0.3 is 0 Å². The first-order chi connectivity index (χ1) is 11.1. The Hall–Kier alpha value is -2.24. The number of hydrogen-bond acceptors (Lipinski definition) is 3. The van der Waals surface area contributed by atoms with Crippen LogP contribution in [0.5, 0.6) is 0 Å². The predicted octanol–water partition coefficient (Wildman–Crippen LogP) is 4.78. The van der Waals surface area contributed by atoms with Crippen LogP contribution in [0, 0.1) is 5.82 Å². The largest absolute Gasteiger partial charge is 0.324 e. The average Bonchev–Trinajstić information content (AvgIpc) is 2.98. The minimum atomic E-state index is -0.310. The highest BCUT2D eigenvalue weighted by Crippen LogP contribution is 2.25. The van der Waals surface area contributed by atoms with Gasteiger partial charge in [0.1, 0.15) is 10.8 Å². The Morgan fingerprint density at radius 2 is 2.04 bits per heavy atom. The molecule has 1 heterocycles. The van der Waals surface area contributed by atoms with Gasteiger partial charge in [-0.3, -0.25) is 4.79 Å². The molecule has 23 heavy (non-hydrogen) atoms. The first-order valence-electron chi connectivity index (χ1n) is 6.86. The fourth-order valence-electron chi connectivity index (χ4n) is 2.06. The van der Waals surface area contributed by atoms with E-state index in [2.05, 4.69) is 10.3 Å². The molecule has 1 aromatic heterocycles. The van der Waals surface area contributed by atoms with Crippen LogP contribution in [-0.2, 0) is 11.2 Å². The highest BCUT2D eigenvalue weighted by molar-refractivity contribution is 7.13. The molecule has 3 aromatic rings. The van der Waals surface area contributed by atoms with Crippen molar-refractivity contribution >= 4 is 34.5 Å². The van der Waals surface area contributed by atoms with Gasteiger partial charge in [-0.25, -0.2) is 9.37 Å². The van der Waals surface area contributed by atoms with Gasteiger partial charge in [0.2, 0.25) is 5.91 Å². The van der Waals surface area contributed by atoms with Crippen molar-refractivity contribution in [3.8, 4) is 10.6 Å². The standard InChI is InChI=1S/C17H12ClFN2OS/c18-14-6-1-2-7-15(14)21-16(22)9-13-10-23-17(20-13)11-4-3-5-12(19)8-11/h1-8,10H,9H2,(H,21,22). The maximum Gasteiger partial charge on any atom is 0.230 e. The molecule has 0 saturated carbocycles. The van der Waals surface area contributed by atoms with E-state index >= 15 is 0 Å². The summed E-state index contributed by atoms with van der Waals surface area (Å²) in [6.45, 7) is 0. The van der Waals surface area contributed by atoms with E-state index in [0.717, 1.165) is 0 Å². The smallest absolute Gasteiger partial charge is 0.230 e. The van der Waals surface area contributed by atoms with Crippen molar-refractivity contribution in [2.24, 2.45) is 0 Å². The van der Waals surface area contributed by atoms with Crippen molar-refractivity contribution in [1.29, 1.82) is 0 Å². The Morgan fingerprint density at radius 1 is 1.22 bits per heavy atom. The average molecular weight is 347 g/mol. The highest BCUT2D eigenvalue weighted by Gasteiger charge is 2.11. The van der Waals surface area contributed by atoms with Gasteiger partial charge in [-0.1, -0.05) is 35.9 Å². The van der Waals surface area contributed by atoms with Crippen LogP contribution < -0.4 is 5.32 Å². The van der Waals surface area contributed by atoms with Gasteiger partial charge in [-0.15, -0.1) is 11.3 Å². The minimum absolute atomic E-state index is 0.136. The lowest BCUT2D eigenvalue weighted by Crippen LogP contribution is -2.14. The van der Waals surface area contributed by atoms with Gasteiger partial charge in [0.05, 0.1) is 22.8 Å². The molecule has 0 aliphatic carbocycles. The van der Waals surface area contributed by atoms with Gasteiger partial charge in [0.15, 0.2) is 0 Å². The molecular formula is C17H12ClFN2OS. The number of thiazole rings is 1. The molecule has 0 aliphatic rings. The van der Waals surface area contributed by atoms with Gasteiger partial charge < -0.3 is 5.32 Å². The Bertz CT molecular complexity index is 850. The number of rotatable bonds is 4.